The van der Waals surface area contributed by atoms with Crippen LogP contribution in [-0.2, 0) is 12.7 Å². The normalized spacial score (nSPS) is 11.6. The van der Waals surface area contributed by atoms with E-state index in [1.54, 1.807) is 30.5 Å². The molecule has 0 atom stereocenters. The highest BCUT2D eigenvalue weighted by molar-refractivity contribution is 5.92. The number of aromatic nitrogens is 4. The molecule has 0 bridgehead atoms. The van der Waals surface area contributed by atoms with Crippen molar-refractivity contribution in [3.8, 4) is 11.6 Å². The second-order valence-electron chi connectivity index (χ2n) is 8.49. The molecule has 0 aliphatic heterocycles. The van der Waals surface area contributed by atoms with E-state index in [2.05, 4.69) is 20.3 Å². The number of ether oxygens (including phenoxy) is 1. The molecule has 3 aromatic heterocycles. The number of alkyl halides is 3. The van der Waals surface area contributed by atoms with Crippen LogP contribution in [0.25, 0.3) is 21.8 Å². The summed E-state index contributed by atoms with van der Waals surface area (Å²) in [6, 6.07) is 14.6. The molecule has 3 heterocycles. The molecule has 0 radical (unpaired) electrons. The Bertz CT molecular complexity index is 1600. The molecule has 0 aliphatic rings. The van der Waals surface area contributed by atoms with Crippen molar-refractivity contribution in [2.75, 3.05) is 19.0 Å². The quantitative estimate of drug-likeness (QED) is 0.333. The molecule has 2 aromatic carbocycles. The molecule has 1 amide bonds. The lowest BCUT2D eigenvalue weighted by Crippen LogP contribution is -2.27. The fourth-order valence-corrected chi connectivity index (χ4v) is 3.81. The zero-order chi connectivity index (χ0) is 26.2. The maximum absolute atomic E-state index is 12.7. The van der Waals surface area contributed by atoms with Crippen molar-refractivity contribution in [1.82, 2.24) is 24.8 Å². The van der Waals surface area contributed by atoms with E-state index in [9.17, 15) is 18.0 Å². The maximum Gasteiger partial charge on any atom is 0.433 e. The molecular formula is C26H21F3N6O2. The second kappa shape index (κ2) is 9.41. The first-order valence-electron chi connectivity index (χ1n) is 11.2. The number of nitrogens with one attached hydrogen (secondary N) is 1. The molecule has 5 aromatic rings. The molecule has 8 nitrogen and oxygen atoms in total. The van der Waals surface area contributed by atoms with Crippen molar-refractivity contribution in [3.05, 3.63) is 84.6 Å². The van der Waals surface area contributed by atoms with Gasteiger partial charge in [0.05, 0.1) is 16.4 Å². The molecule has 0 saturated carbocycles. The topological polar surface area (TPSA) is 85.2 Å². The van der Waals surface area contributed by atoms with Gasteiger partial charge in [-0.15, -0.1) is 0 Å². The molecule has 0 unspecified atom stereocenters. The highest BCUT2D eigenvalue weighted by Gasteiger charge is 2.32. The maximum atomic E-state index is 12.7. The van der Waals surface area contributed by atoms with E-state index in [1.807, 2.05) is 37.2 Å². The van der Waals surface area contributed by atoms with Crippen LogP contribution in [0, 0.1) is 0 Å². The Morgan fingerprint density at radius 3 is 2.59 bits per heavy atom. The Hall–Kier alpha value is -4.67. The lowest BCUT2D eigenvalue weighted by Gasteiger charge is -2.13. The number of carbonyl (C=O) groups is 1. The van der Waals surface area contributed by atoms with Crippen molar-refractivity contribution in [1.29, 1.82) is 0 Å². The number of halogens is 3. The fourth-order valence-electron chi connectivity index (χ4n) is 3.81. The van der Waals surface area contributed by atoms with Crippen molar-refractivity contribution >= 4 is 33.5 Å². The summed E-state index contributed by atoms with van der Waals surface area (Å²) < 4.78 is 45.5. The van der Waals surface area contributed by atoms with Gasteiger partial charge in [-0.3, -0.25) is 9.55 Å². The van der Waals surface area contributed by atoms with Crippen LogP contribution in [0.2, 0.25) is 0 Å². The predicted octanol–water partition coefficient (Wildman–Crippen LogP) is 5.61. The van der Waals surface area contributed by atoms with Crippen LogP contribution in [-0.4, -0.2) is 39.6 Å². The summed E-state index contributed by atoms with van der Waals surface area (Å²) in [4.78, 5) is 26.7. The summed E-state index contributed by atoms with van der Waals surface area (Å²) >= 11 is 0. The number of hydrogen-bond donors (Lipinski definition) is 1. The second-order valence-corrected chi connectivity index (χ2v) is 8.49. The zero-order valence-electron chi connectivity index (χ0n) is 19.8. The van der Waals surface area contributed by atoms with Gasteiger partial charge in [-0.25, -0.2) is 14.8 Å². The molecule has 0 fully saturated rings. The molecule has 0 spiro atoms. The Morgan fingerprint density at radius 1 is 1.03 bits per heavy atom. The van der Waals surface area contributed by atoms with Gasteiger partial charge in [0.25, 0.3) is 0 Å². The highest BCUT2D eigenvalue weighted by Crippen LogP contribution is 2.31. The number of rotatable bonds is 5. The van der Waals surface area contributed by atoms with Crippen molar-refractivity contribution in [3.63, 3.8) is 0 Å². The molecule has 5 rings (SSSR count). The summed E-state index contributed by atoms with van der Waals surface area (Å²) in [5.41, 5.74) is 1.86. The van der Waals surface area contributed by atoms with Crippen LogP contribution in [0.15, 0.2) is 73.3 Å². The number of anilines is 1. The van der Waals surface area contributed by atoms with Crippen LogP contribution >= 0.6 is 0 Å². The van der Waals surface area contributed by atoms with E-state index in [0.29, 0.717) is 22.7 Å². The highest BCUT2D eigenvalue weighted by atomic mass is 19.4. The van der Waals surface area contributed by atoms with Gasteiger partial charge in [-0.05, 0) is 54.1 Å². The van der Waals surface area contributed by atoms with Crippen LogP contribution in [0.1, 0.15) is 11.3 Å². The number of benzene rings is 2. The van der Waals surface area contributed by atoms with E-state index < -0.39 is 17.9 Å². The van der Waals surface area contributed by atoms with Crippen LogP contribution in [0.5, 0.6) is 11.6 Å². The third-order valence-electron chi connectivity index (χ3n) is 5.75. The number of carbonyl (C=O) groups excluding carboxylic acids is 1. The molecule has 188 valence electrons. The Morgan fingerprint density at radius 2 is 1.86 bits per heavy atom. The molecular weight excluding hydrogens is 485 g/mol. The summed E-state index contributed by atoms with van der Waals surface area (Å²) in [5.74, 6) is 0.954. The minimum absolute atomic E-state index is 0.0289. The van der Waals surface area contributed by atoms with E-state index >= 15 is 0 Å². The number of fused-ring (bicyclic) bond motifs is 2. The van der Waals surface area contributed by atoms with Gasteiger partial charge in [-0.1, -0.05) is 6.07 Å². The van der Waals surface area contributed by atoms with Crippen molar-refractivity contribution in [2.24, 2.45) is 0 Å². The lowest BCUT2D eigenvalue weighted by atomic mass is 10.2. The van der Waals surface area contributed by atoms with E-state index in [1.165, 1.54) is 17.0 Å². The SMILES string of the molecule is CN(C)c1ccc2c(Oc3ccc4c(ccn4C(=O)NCc4ccc(C(F)(F)F)nc4)c3)ncnc2c1. The van der Waals surface area contributed by atoms with Gasteiger partial charge in [0.15, 0.2) is 0 Å². The minimum atomic E-state index is -4.51. The fraction of sp³-hybridized carbons (Fsp3) is 0.154. The predicted molar refractivity (Wildman–Crippen MR) is 133 cm³/mol. The molecule has 0 aliphatic carbocycles. The van der Waals surface area contributed by atoms with E-state index in [0.717, 1.165) is 34.2 Å². The van der Waals surface area contributed by atoms with Crippen molar-refractivity contribution in [2.45, 2.75) is 12.7 Å². The largest absolute Gasteiger partial charge is 0.438 e. The van der Waals surface area contributed by atoms with Gasteiger partial charge >= 0.3 is 12.2 Å². The van der Waals surface area contributed by atoms with Crippen LogP contribution in [0.4, 0.5) is 23.7 Å². The Balaban J connectivity index is 1.31. The first-order valence-corrected chi connectivity index (χ1v) is 11.2. The third kappa shape index (κ3) is 5.01. The number of pyridine rings is 1. The number of nitrogens with zero attached hydrogens (tertiary/aromatic N) is 5. The monoisotopic (exact) mass is 506 g/mol. The lowest BCUT2D eigenvalue weighted by molar-refractivity contribution is -0.141. The summed E-state index contributed by atoms with van der Waals surface area (Å²) in [5, 5.41) is 4.22. The summed E-state index contributed by atoms with van der Waals surface area (Å²) in [7, 11) is 3.90. The first kappa shape index (κ1) is 24.0. The molecule has 37 heavy (non-hydrogen) atoms. The van der Waals surface area contributed by atoms with Gasteiger partial charge in [0.1, 0.15) is 17.8 Å². The number of amides is 1. The third-order valence-corrected chi connectivity index (χ3v) is 5.75. The average Bonchev–Trinajstić information content (AvgIpc) is 3.30. The van der Waals surface area contributed by atoms with Crippen molar-refractivity contribution < 1.29 is 22.7 Å². The average molecular weight is 506 g/mol. The smallest absolute Gasteiger partial charge is 0.433 e. The van der Waals surface area contributed by atoms with E-state index in [4.69, 9.17) is 4.74 Å². The molecule has 11 heteroatoms. The summed E-state index contributed by atoms with van der Waals surface area (Å²) in [6.45, 7) is 0.0289. The Kier molecular flexibility index (Phi) is 6.12. The minimum Gasteiger partial charge on any atom is -0.438 e. The van der Waals surface area contributed by atoms with Crippen LogP contribution in [0.3, 0.4) is 0 Å². The molecule has 1 N–H and O–H groups in total. The first-order chi connectivity index (χ1) is 17.7. The molecule has 0 saturated heterocycles. The van der Waals surface area contributed by atoms with Gasteiger partial charge in [-0.2, -0.15) is 13.2 Å². The standard InChI is InChI=1S/C26H21F3N6O2/c1-34(2)18-4-6-20-21(12-18)32-15-33-24(20)37-19-5-7-22-17(11-19)9-10-35(22)25(36)31-14-16-3-8-23(30-13-16)26(27,28)29/h3-13,15H,14H2,1-2H3,(H,31,36). The van der Waals surface area contributed by atoms with Gasteiger partial charge < -0.3 is 15.0 Å². The van der Waals surface area contributed by atoms with Gasteiger partial charge in [0.2, 0.25) is 5.88 Å². The summed E-state index contributed by atoms with van der Waals surface area (Å²) in [6.07, 6.45) is -0.358. The van der Waals surface area contributed by atoms with Crippen LogP contribution < -0.4 is 15.0 Å². The number of hydrogen-bond acceptors (Lipinski definition) is 6. The van der Waals surface area contributed by atoms with E-state index in [-0.39, 0.29) is 6.54 Å². The zero-order valence-corrected chi connectivity index (χ0v) is 19.8. The Labute approximate surface area is 209 Å². The van der Waals surface area contributed by atoms with Gasteiger partial charge in [0, 0.05) is 44.1 Å².